The highest BCUT2D eigenvalue weighted by Crippen LogP contribution is 2.21. The van der Waals surface area contributed by atoms with Gasteiger partial charge in [-0.2, -0.15) is 0 Å². The highest BCUT2D eigenvalue weighted by atomic mass is 79.9. The summed E-state index contributed by atoms with van der Waals surface area (Å²) in [5.41, 5.74) is 2.02. The van der Waals surface area contributed by atoms with Crippen LogP contribution in [0.2, 0.25) is 0 Å². The summed E-state index contributed by atoms with van der Waals surface area (Å²) in [4.78, 5) is 11.8. The molecule has 1 aromatic carbocycles. The third-order valence-electron chi connectivity index (χ3n) is 3.05. The molecule has 100 valence electrons. The van der Waals surface area contributed by atoms with Crippen LogP contribution in [0, 0.1) is 6.92 Å². The Kier molecular flexibility index (Phi) is 6.12. The molecule has 1 heterocycles. The maximum Gasteiger partial charge on any atom is 0.225 e. The highest BCUT2D eigenvalue weighted by Gasteiger charge is 2.17. The van der Waals surface area contributed by atoms with E-state index in [1.807, 2.05) is 25.1 Å². The fourth-order valence-electron chi connectivity index (χ4n) is 2.04. The van der Waals surface area contributed by atoms with Crippen molar-refractivity contribution in [3.8, 4) is 0 Å². The number of anilines is 1. The molecule has 0 radical (unpaired) electrons. The number of aryl methyl sites for hydroxylation is 1. The first-order valence-electron chi connectivity index (χ1n) is 5.94. The minimum atomic E-state index is 0. The average Bonchev–Trinajstić information content (AvgIpc) is 2.76. The van der Waals surface area contributed by atoms with Gasteiger partial charge in [-0.3, -0.25) is 4.79 Å². The van der Waals surface area contributed by atoms with E-state index in [1.54, 1.807) is 0 Å². The molecule has 2 rings (SSSR count). The molecule has 1 saturated heterocycles. The normalized spacial score (nSPS) is 18.2. The first kappa shape index (κ1) is 15.5. The number of hydrogen-bond acceptors (Lipinski definition) is 2. The second-order valence-corrected chi connectivity index (χ2v) is 5.36. The molecule has 18 heavy (non-hydrogen) atoms. The largest absolute Gasteiger partial charge is 0.326 e. The standard InChI is InChI=1S/C13H17BrN2O.ClH/c1-9-4-5-11(7-12(9)14)16-13(17)8-10-3-2-6-15-10;/h4-5,7,10,15H,2-3,6,8H2,1H3,(H,16,17);1H. The van der Waals surface area contributed by atoms with Gasteiger partial charge in [-0.15, -0.1) is 12.4 Å². The summed E-state index contributed by atoms with van der Waals surface area (Å²) in [6, 6.07) is 6.21. The Morgan fingerprint density at radius 1 is 1.56 bits per heavy atom. The van der Waals surface area contributed by atoms with E-state index in [0.29, 0.717) is 12.5 Å². The molecule has 1 atom stereocenters. The first-order valence-corrected chi connectivity index (χ1v) is 6.74. The lowest BCUT2D eigenvalue weighted by atomic mass is 10.1. The van der Waals surface area contributed by atoms with E-state index in [2.05, 4.69) is 26.6 Å². The zero-order chi connectivity index (χ0) is 12.3. The van der Waals surface area contributed by atoms with Crippen molar-refractivity contribution in [2.75, 3.05) is 11.9 Å². The maximum atomic E-state index is 11.8. The predicted molar refractivity (Wildman–Crippen MR) is 80.4 cm³/mol. The second kappa shape index (κ2) is 7.12. The fourth-order valence-corrected chi connectivity index (χ4v) is 2.42. The SMILES string of the molecule is Cc1ccc(NC(=O)CC2CCCN2)cc1Br.Cl. The maximum absolute atomic E-state index is 11.8. The van der Waals surface area contributed by atoms with Crippen molar-refractivity contribution in [1.29, 1.82) is 0 Å². The molecule has 5 heteroatoms. The quantitative estimate of drug-likeness (QED) is 0.891. The van der Waals surface area contributed by atoms with E-state index >= 15 is 0 Å². The van der Waals surface area contributed by atoms with Gasteiger partial charge in [0, 0.05) is 22.6 Å². The minimum absolute atomic E-state index is 0. The number of nitrogens with one attached hydrogen (secondary N) is 2. The summed E-state index contributed by atoms with van der Waals surface area (Å²) in [5.74, 6) is 0.0835. The molecule has 1 aromatic rings. The summed E-state index contributed by atoms with van der Waals surface area (Å²) < 4.78 is 1.02. The van der Waals surface area contributed by atoms with E-state index in [4.69, 9.17) is 0 Å². The average molecular weight is 334 g/mol. The number of amides is 1. The van der Waals surface area contributed by atoms with Crippen LogP contribution in [0.3, 0.4) is 0 Å². The second-order valence-electron chi connectivity index (χ2n) is 4.51. The molecule has 0 aromatic heterocycles. The smallest absolute Gasteiger partial charge is 0.225 e. The number of carbonyl (C=O) groups is 1. The molecule has 1 aliphatic heterocycles. The molecule has 1 amide bonds. The number of halogens is 2. The number of carbonyl (C=O) groups excluding carboxylic acids is 1. The van der Waals surface area contributed by atoms with Gasteiger partial charge in [0.1, 0.15) is 0 Å². The lowest BCUT2D eigenvalue weighted by Gasteiger charge is -2.11. The molecule has 1 fully saturated rings. The van der Waals surface area contributed by atoms with Crippen LogP contribution >= 0.6 is 28.3 Å². The van der Waals surface area contributed by atoms with Crippen LogP contribution in [0.4, 0.5) is 5.69 Å². The van der Waals surface area contributed by atoms with Crippen molar-refractivity contribution in [3.63, 3.8) is 0 Å². The molecule has 1 unspecified atom stereocenters. The molecule has 0 spiro atoms. The van der Waals surface area contributed by atoms with Crippen LogP contribution in [0.15, 0.2) is 22.7 Å². The van der Waals surface area contributed by atoms with Crippen molar-refractivity contribution in [1.82, 2.24) is 5.32 Å². The Bertz CT molecular complexity index is 419. The Hall–Kier alpha value is -0.580. The Morgan fingerprint density at radius 3 is 2.94 bits per heavy atom. The summed E-state index contributed by atoms with van der Waals surface area (Å²) in [7, 11) is 0. The van der Waals surface area contributed by atoms with Crippen molar-refractivity contribution in [3.05, 3.63) is 28.2 Å². The number of rotatable bonds is 3. The molecular formula is C13H18BrClN2O. The molecule has 3 nitrogen and oxygen atoms in total. The molecule has 1 aliphatic rings. The van der Waals surface area contributed by atoms with Crippen molar-refractivity contribution < 1.29 is 4.79 Å². The fraction of sp³-hybridized carbons (Fsp3) is 0.462. The summed E-state index contributed by atoms with van der Waals surface area (Å²) in [5, 5.41) is 6.25. The van der Waals surface area contributed by atoms with Crippen LogP contribution in [0.5, 0.6) is 0 Å². The minimum Gasteiger partial charge on any atom is -0.326 e. The van der Waals surface area contributed by atoms with Gasteiger partial charge in [-0.05, 0) is 44.0 Å². The Morgan fingerprint density at radius 2 is 2.33 bits per heavy atom. The number of benzene rings is 1. The Balaban J connectivity index is 0.00000162. The van der Waals surface area contributed by atoms with Gasteiger partial charge in [0.2, 0.25) is 5.91 Å². The highest BCUT2D eigenvalue weighted by molar-refractivity contribution is 9.10. The predicted octanol–water partition coefficient (Wildman–Crippen LogP) is 3.26. The van der Waals surface area contributed by atoms with Gasteiger partial charge in [0.25, 0.3) is 0 Å². The van der Waals surface area contributed by atoms with Gasteiger partial charge >= 0.3 is 0 Å². The third kappa shape index (κ3) is 4.26. The van der Waals surface area contributed by atoms with Gasteiger partial charge in [0.15, 0.2) is 0 Å². The van der Waals surface area contributed by atoms with E-state index < -0.39 is 0 Å². The van der Waals surface area contributed by atoms with Crippen LogP contribution in [-0.4, -0.2) is 18.5 Å². The Labute approximate surface area is 122 Å². The van der Waals surface area contributed by atoms with E-state index in [9.17, 15) is 4.79 Å². The van der Waals surface area contributed by atoms with Crippen molar-refractivity contribution >= 4 is 39.9 Å². The van der Waals surface area contributed by atoms with Crippen molar-refractivity contribution in [2.24, 2.45) is 0 Å². The van der Waals surface area contributed by atoms with Gasteiger partial charge in [0.05, 0.1) is 0 Å². The summed E-state index contributed by atoms with van der Waals surface area (Å²) in [6.45, 7) is 3.06. The van der Waals surface area contributed by atoms with Crippen LogP contribution in [0.25, 0.3) is 0 Å². The molecule has 2 N–H and O–H groups in total. The molecule has 0 saturated carbocycles. The lowest BCUT2D eigenvalue weighted by Crippen LogP contribution is -2.27. The van der Waals surface area contributed by atoms with Crippen LogP contribution in [-0.2, 0) is 4.79 Å². The third-order valence-corrected chi connectivity index (χ3v) is 3.90. The first-order chi connectivity index (χ1) is 8.15. The summed E-state index contributed by atoms with van der Waals surface area (Å²) in [6.07, 6.45) is 2.84. The monoisotopic (exact) mass is 332 g/mol. The number of hydrogen-bond donors (Lipinski definition) is 2. The molecular weight excluding hydrogens is 316 g/mol. The van der Waals surface area contributed by atoms with Gasteiger partial charge in [-0.25, -0.2) is 0 Å². The van der Waals surface area contributed by atoms with Crippen molar-refractivity contribution in [2.45, 2.75) is 32.2 Å². The van der Waals surface area contributed by atoms with Crippen LogP contribution < -0.4 is 10.6 Å². The summed E-state index contributed by atoms with van der Waals surface area (Å²) >= 11 is 3.46. The molecule has 0 bridgehead atoms. The topological polar surface area (TPSA) is 41.1 Å². The van der Waals surface area contributed by atoms with E-state index in [0.717, 1.165) is 23.1 Å². The molecule has 0 aliphatic carbocycles. The zero-order valence-corrected chi connectivity index (χ0v) is 12.7. The van der Waals surface area contributed by atoms with Crippen LogP contribution in [0.1, 0.15) is 24.8 Å². The van der Waals surface area contributed by atoms with E-state index in [-0.39, 0.29) is 18.3 Å². The lowest BCUT2D eigenvalue weighted by molar-refractivity contribution is -0.116. The van der Waals surface area contributed by atoms with Gasteiger partial charge in [-0.1, -0.05) is 22.0 Å². The van der Waals surface area contributed by atoms with Gasteiger partial charge < -0.3 is 10.6 Å². The zero-order valence-electron chi connectivity index (χ0n) is 10.3. The van der Waals surface area contributed by atoms with E-state index in [1.165, 1.54) is 12.0 Å².